The maximum absolute atomic E-state index is 6.07. The highest BCUT2D eigenvalue weighted by Crippen LogP contribution is 2.27. The van der Waals surface area contributed by atoms with Gasteiger partial charge in [-0.1, -0.05) is 29.8 Å². The normalized spacial score (nSPS) is 14.5. The molecule has 1 aliphatic heterocycles. The molecule has 2 aromatic heterocycles. The summed E-state index contributed by atoms with van der Waals surface area (Å²) in [5, 5.41) is 0.712. The van der Waals surface area contributed by atoms with Crippen molar-refractivity contribution in [2.24, 2.45) is 0 Å². The number of hydrogen-bond donors (Lipinski definition) is 1. The zero-order chi connectivity index (χ0) is 17.9. The van der Waals surface area contributed by atoms with Crippen LogP contribution in [0.25, 0.3) is 11.3 Å². The molecule has 5 nitrogen and oxygen atoms in total. The van der Waals surface area contributed by atoms with Gasteiger partial charge in [-0.2, -0.15) is 0 Å². The molecule has 4 rings (SSSR count). The van der Waals surface area contributed by atoms with Crippen molar-refractivity contribution in [1.82, 2.24) is 9.97 Å². The topological polar surface area (TPSA) is 58.3 Å². The highest BCUT2D eigenvalue weighted by Gasteiger charge is 2.19. The smallest absolute Gasteiger partial charge is 0.128 e. The van der Waals surface area contributed by atoms with Gasteiger partial charge in [-0.15, -0.1) is 0 Å². The summed E-state index contributed by atoms with van der Waals surface area (Å²) >= 11 is 5.98. The Morgan fingerprint density at radius 2 is 1.62 bits per heavy atom. The zero-order valence-corrected chi connectivity index (χ0v) is 15.1. The third kappa shape index (κ3) is 3.58. The molecule has 0 atom stereocenters. The van der Waals surface area contributed by atoms with E-state index in [2.05, 4.69) is 31.9 Å². The van der Waals surface area contributed by atoms with E-state index in [9.17, 15) is 0 Å². The van der Waals surface area contributed by atoms with Gasteiger partial charge < -0.3 is 15.5 Å². The van der Waals surface area contributed by atoms with Gasteiger partial charge in [-0.3, -0.25) is 0 Å². The summed E-state index contributed by atoms with van der Waals surface area (Å²) in [7, 11) is 0. The second-order valence-corrected chi connectivity index (χ2v) is 6.74. The standard InChI is InChI=1S/C20H20ClN5/c21-16-6-4-15(5-7-16)18-13-17(14-19(22)24-18)25-9-11-26(12-10-25)20-3-1-2-8-23-20/h1-8,13-14H,9-12H2,(H2,22,24). The molecule has 0 bridgehead atoms. The molecular formula is C20H20ClN5. The van der Waals surface area contributed by atoms with Crippen molar-refractivity contribution in [2.75, 3.05) is 41.7 Å². The number of halogens is 1. The lowest BCUT2D eigenvalue weighted by Gasteiger charge is -2.36. The van der Waals surface area contributed by atoms with Crippen LogP contribution in [0.15, 0.2) is 60.8 Å². The van der Waals surface area contributed by atoms with Crippen LogP contribution in [0.3, 0.4) is 0 Å². The molecule has 3 heterocycles. The van der Waals surface area contributed by atoms with Crippen molar-refractivity contribution < 1.29 is 0 Å². The zero-order valence-electron chi connectivity index (χ0n) is 14.3. The van der Waals surface area contributed by atoms with Crippen molar-refractivity contribution in [3.8, 4) is 11.3 Å². The van der Waals surface area contributed by atoms with Crippen molar-refractivity contribution in [3.05, 3.63) is 65.8 Å². The van der Waals surface area contributed by atoms with E-state index in [4.69, 9.17) is 17.3 Å². The Kier molecular flexibility index (Phi) is 4.63. The molecule has 0 radical (unpaired) electrons. The Balaban J connectivity index is 1.53. The van der Waals surface area contributed by atoms with Crippen molar-refractivity contribution in [2.45, 2.75) is 0 Å². The number of aromatic nitrogens is 2. The van der Waals surface area contributed by atoms with E-state index < -0.39 is 0 Å². The molecule has 26 heavy (non-hydrogen) atoms. The van der Waals surface area contributed by atoms with Crippen LogP contribution in [-0.4, -0.2) is 36.1 Å². The number of piperazine rings is 1. The first-order chi connectivity index (χ1) is 12.7. The third-order valence-corrected chi connectivity index (χ3v) is 4.84. The summed E-state index contributed by atoms with van der Waals surface area (Å²) in [6.45, 7) is 3.69. The van der Waals surface area contributed by atoms with Crippen LogP contribution in [0.4, 0.5) is 17.3 Å². The van der Waals surface area contributed by atoms with Crippen LogP contribution in [0.2, 0.25) is 5.02 Å². The Morgan fingerprint density at radius 1 is 0.885 bits per heavy atom. The average molecular weight is 366 g/mol. The monoisotopic (exact) mass is 365 g/mol. The van der Waals surface area contributed by atoms with Gasteiger partial charge in [-0.05, 0) is 30.3 Å². The van der Waals surface area contributed by atoms with Gasteiger partial charge in [0.2, 0.25) is 0 Å². The fraction of sp³-hybridized carbons (Fsp3) is 0.200. The lowest BCUT2D eigenvalue weighted by molar-refractivity contribution is 0.647. The van der Waals surface area contributed by atoms with E-state index in [-0.39, 0.29) is 0 Å². The number of nitrogens with two attached hydrogens (primary N) is 1. The van der Waals surface area contributed by atoms with Gasteiger partial charge in [0, 0.05) is 54.7 Å². The number of hydrogen-bond acceptors (Lipinski definition) is 5. The van der Waals surface area contributed by atoms with E-state index in [1.165, 1.54) is 0 Å². The van der Waals surface area contributed by atoms with Crippen LogP contribution in [0.5, 0.6) is 0 Å². The van der Waals surface area contributed by atoms with Gasteiger partial charge in [-0.25, -0.2) is 9.97 Å². The number of rotatable bonds is 3. The van der Waals surface area contributed by atoms with Gasteiger partial charge in [0.05, 0.1) is 5.69 Å². The number of nitrogens with zero attached hydrogens (tertiary/aromatic N) is 4. The van der Waals surface area contributed by atoms with E-state index in [1.807, 2.05) is 48.7 Å². The summed E-state index contributed by atoms with van der Waals surface area (Å²) in [4.78, 5) is 13.6. The molecule has 1 aliphatic rings. The fourth-order valence-corrected chi connectivity index (χ4v) is 3.35. The van der Waals surface area contributed by atoms with Crippen molar-refractivity contribution in [1.29, 1.82) is 0 Å². The van der Waals surface area contributed by atoms with Crippen molar-refractivity contribution >= 4 is 28.9 Å². The SMILES string of the molecule is Nc1cc(N2CCN(c3ccccn3)CC2)cc(-c2ccc(Cl)cc2)n1. The first kappa shape index (κ1) is 16.7. The second kappa shape index (κ2) is 7.22. The summed E-state index contributed by atoms with van der Waals surface area (Å²) in [6.07, 6.45) is 1.84. The molecule has 1 aromatic carbocycles. The number of anilines is 3. The summed E-state index contributed by atoms with van der Waals surface area (Å²) in [6, 6.07) is 17.7. The fourth-order valence-electron chi connectivity index (χ4n) is 3.22. The van der Waals surface area contributed by atoms with E-state index in [1.54, 1.807) is 0 Å². The summed E-state index contributed by atoms with van der Waals surface area (Å²) in [5.41, 5.74) is 9.04. The minimum absolute atomic E-state index is 0.527. The molecule has 3 aromatic rings. The lowest BCUT2D eigenvalue weighted by atomic mass is 10.1. The van der Waals surface area contributed by atoms with E-state index in [0.29, 0.717) is 10.8 Å². The highest BCUT2D eigenvalue weighted by atomic mass is 35.5. The molecule has 0 amide bonds. The first-order valence-corrected chi connectivity index (χ1v) is 9.01. The molecule has 0 spiro atoms. The molecule has 1 saturated heterocycles. The summed E-state index contributed by atoms with van der Waals surface area (Å²) < 4.78 is 0. The molecule has 0 aliphatic carbocycles. The Labute approximate surface area is 158 Å². The maximum atomic E-state index is 6.07. The quantitative estimate of drug-likeness (QED) is 0.766. The minimum Gasteiger partial charge on any atom is -0.384 e. The Morgan fingerprint density at radius 3 is 2.31 bits per heavy atom. The van der Waals surface area contributed by atoms with Crippen LogP contribution in [0.1, 0.15) is 0 Å². The minimum atomic E-state index is 0.527. The lowest BCUT2D eigenvalue weighted by Crippen LogP contribution is -2.46. The molecule has 2 N–H and O–H groups in total. The van der Waals surface area contributed by atoms with E-state index >= 15 is 0 Å². The first-order valence-electron chi connectivity index (χ1n) is 8.63. The second-order valence-electron chi connectivity index (χ2n) is 6.30. The van der Waals surface area contributed by atoms with Gasteiger partial charge in [0.15, 0.2) is 0 Å². The molecule has 132 valence electrons. The number of benzene rings is 1. The van der Waals surface area contributed by atoms with Crippen LogP contribution in [-0.2, 0) is 0 Å². The maximum Gasteiger partial charge on any atom is 0.128 e. The van der Waals surface area contributed by atoms with Gasteiger partial charge >= 0.3 is 0 Å². The number of pyridine rings is 2. The highest BCUT2D eigenvalue weighted by molar-refractivity contribution is 6.30. The Hall–Kier alpha value is -2.79. The van der Waals surface area contributed by atoms with E-state index in [0.717, 1.165) is 48.9 Å². The molecule has 1 fully saturated rings. The average Bonchev–Trinajstić information content (AvgIpc) is 2.69. The predicted molar refractivity (Wildman–Crippen MR) is 108 cm³/mol. The molecule has 0 saturated carbocycles. The van der Waals surface area contributed by atoms with Gasteiger partial charge in [0.25, 0.3) is 0 Å². The van der Waals surface area contributed by atoms with Gasteiger partial charge in [0.1, 0.15) is 11.6 Å². The molecule has 6 heteroatoms. The molecule has 0 unspecified atom stereocenters. The third-order valence-electron chi connectivity index (χ3n) is 4.59. The van der Waals surface area contributed by atoms with Crippen LogP contribution < -0.4 is 15.5 Å². The van der Waals surface area contributed by atoms with Crippen LogP contribution in [0, 0.1) is 0 Å². The van der Waals surface area contributed by atoms with Crippen molar-refractivity contribution in [3.63, 3.8) is 0 Å². The number of nitrogen functional groups attached to an aromatic ring is 1. The largest absolute Gasteiger partial charge is 0.384 e. The predicted octanol–water partition coefficient (Wildman–Crippen LogP) is 3.71. The summed E-state index contributed by atoms with van der Waals surface area (Å²) in [5.74, 6) is 1.56. The van der Waals surface area contributed by atoms with Crippen LogP contribution >= 0.6 is 11.6 Å². The molecular weight excluding hydrogens is 346 g/mol. The Bertz CT molecular complexity index is 874.